The van der Waals surface area contributed by atoms with E-state index in [1.807, 2.05) is 13.8 Å². The van der Waals surface area contributed by atoms with Gasteiger partial charge in [0.2, 0.25) is 0 Å². The van der Waals surface area contributed by atoms with Crippen LogP contribution in [0.4, 0.5) is 35.2 Å². The number of aryl methyl sites for hydroxylation is 1. The number of fused-ring (bicyclic) bond motifs is 4. The van der Waals surface area contributed by atoms with Crippen molar-refractivity contribution < 1.29 is 32.2 Å². The number of nitrogens with one attached hydrogen (secondary N) is 1. The number of ether oxygens (including phenoxy) is 3. The van der Waals surface area contributed by atoms with Crippen LogP contribution < -0.4 is 19.9 Å². The van der Waals surface area contributed by atoms with Crippen molar-refractivity contribution >= 4 is 23.2 Å². The van der Waals surface area contributed by atoms with Crippen molar-refractivity contribution in [3.63, 3.8) is 0 Å². The number of anilines is 3. The Morgan fingerprint density at radius 2 is 2.05 bits per heavy atom. The molecule has 2 atom stereocenters. The Balaban J connectivity index is 1.25. The average Bonchev–Trinajstić information content (AvgIpc) is 3.49. The van der Waals surface area contributed by atoms with Gasteiger partial charge in [-0.15, -0.1) is 0 Å². The lowest BCUT2D eigenvalue weighted by Crippen LogP contribution is -2.48. The van der Waals surface area contributed by atoms with Gasteiger partial charge in [-0.2, -0.15) is 13.2 Å². The van der Waals surface area contributed by atoms with Gasteiger partial charge in [0.25, 0.3) is 0 Å². The van der Waals surface area contributed by atoms with Gasteiger partial charge in [0.15, 0.2) is 17.4 Å². The Hall–Kier alpha value is -3.97. The van der Waals surface area contributed by atoms with Gasteiger partial charge in [0, 0.05) is 24.7 Å². The number of aromatic nitrogens is 3. The van der Waals surface area contributed by atoms with E-state index in [-0.39, 0.29) is 30.1 Å². The molecular formula is C28H29F3N6O4. The molecule has 1 N–H and O–H groups in total. The number of hydrogen-bond acceptors (Lipinski definition) is 8. The Morgan fingerprint density at radius 1 is 1.22 bits per heavy atom. The molecule has 1 aromatic carbocycles. The zero-order chi connectivity index (χ0) is 28.9. The number of urea groups is 1. The number of alkyl halides is 3. The van der Waals surface area contributed by atoms with Crippen molar-refractivity contribution in [3.05, 3.63) is 54.0 Å². The molecule has 0 saturated carbocycles. The summed E-state index contributed by atoms with van der Waals surface area (Å²) in [5, 5.41) is 2.89. The van der Waals surface area contributed by atoms with Crippen LogP contribution in [0, 0.1) is 6.92 Å². The molecule has 1 unspecified atom stereocenters. The zero-order valence-corrected chi connectivity index (χ0v) is 22.7. The first kappa shape index (κ1) is 27.2. The number of rotatable bonds is 5. The highest BCUT2D eigenvalue weighted by molar-refractivity contribution is 6.05. The first-order valence-electron chi connectivity index (χ1n) is 13.3. The van der Waals surface area contributed by atoms with Gasteiger partial charge < -0.3 is 24.4 Å². The number of amides is 2. The lowest BCUT2D eigenvalue weighted by Gasteiger charge is -2.36. The Bertz CT molecular complexity index is 1480. The third-order valence-corrected chi connectivity index (χ3v) is 7.25. The maximum absolute atomic E-state index is 13.7. The topological polar surface area (TPSA) is 102 Å². The van der Waals surface area contributed by atoms with E-state index in [1.165, 1.54) is 18.3 Å². The first-order valence-corrected chi connectivity index (χ1v) is 13.3. The maximum Gasteiger partial charge on any atom is 0.416 e. The highest BCUT2D eigenvalue weighted by Gasteiger charge is 2.42. The molecule has 3 aromatic rings. The van der Waals surface area contributed by atoms with Crippen molar-refractivity contribution in [1.29, 1.82) is 0 Å². The van der Waals surface area contributed by atoms with Gasteiger partial charge >= 0.3 is 12.2 Å². The van der Waals surface area contributed by atoms with E-state index < -0.39 is 23.6 Å². The molecular weight excluding hydrogens is 541 g/mol. The minimum absolute atomic E-state index is 0.117. The van der Waals surface area contributed by atoms with Gasteiger partial charge in [-0.05, 0) is 39.3 Å². The number of hydrogen-bond donors (Lipinski definition) is 1. The van der Waals surface area contributed by atoms with Crippen molar-refractivity contribution in [1.82, 2.24) is 15.0 Å². The van der Waals surface area contributed by atoms with Crippen molar-refractivity contribution in [2.75, 3.05) is 41.4 Å². The molecule has 0 spiro atoms. The largest absolute Gasteiger partial charge is 0.489 e. The second-order valence-electron chi connectivity index (χ2n) is 10.7. The summed E-state index contributed by atoms with van der Waals surface area (Å²) >= 11 is 0. The molecule has 2 bridgehead atoms. The predicted octanol–water partition coefficient (Wildman–Crippen LogP) is 5.03. The number of benzene rings is 1. The number of carbonyl (C=O) groups excluding carboxylic acids is 1. The Labute approximate surface area is 234 Å². The number of carbonyl (C=O) groups is 1. The number of halogens is 3. The highest BCUT2D eigenvalue weighted by atomic mass is 19.4. The summed E-state index contributed by atoms with van der Waals surface area (Å²) in [4.78, 5) is 30.7. The standard InChI is InChI=1S/C28H29F3N6O4/c1-16-23-25(35-24(33-16)17-5-4-6-18(9-17)28(29,30)31)37(20-7-8-36(23)13-20)26(38)34-19-10-21(12-32-11-19)39-14-22-15-40-27(2,3)41-22/h4-6,9-12,20,22H,7-8,13-15H2,1-3H3,(H,34,38)/t20?,22-/m1/s1. The summed E-state index contributed by atoms with van der Waals surface area (Å²) in [6, 6.07) is 5.94. The summed E-state index contributed by atoms with van der Waals surface area (Å²) in [5.41, 5.74) is 1.12. The molecule has 0 aliphatic carbocycles. The van der Waals surface area contributed by atoms with E-state index in [0.29, 0.717) is 54.8 Å². The van der Waals surface area contributed by atoms with Gasteiger partial charge in [-0.3, -0.25) is 9.88 Å². The fourth-order valence-corrected chi connectivity index (χ4v) is 5.43. The van der Waals surface area contributed by atoms with Crippen molar-refractivity contribution in [3.8, 4) is 17.1 Å². The quantitative estimate of drug-likeness (QED) is 0.456. The minimum Gasteiger partial charge on any atom is -0.489 e. The van der Waals surface area contributed by atoms with Crippen LogP contribution in [0.3, 0.4) is 0 Å². The van der Waals surface area contributed by atoms with Crippen LogP contribution in [-0.4, -0.2) is 65.2 Å². The monoisotopic (exact) mass is 570 g/mol. The van der Waals surface area contributed by atoms with E-state index in [4.69, 9.17) is 14.2 Å². The fourth-order valence-electron chi connectivity index (χ4n) is 5.43. The normalized spacial score (nSPS) is 21.1. The minimum atomic E-state index is -4.50. The number of nitrogens with zero attached hydrogens (tertiary/aromatic N) is 5. The molecule has 0 radical (unpaired) electrons. The van der Waals surface area contributed by atoms with Crippen LogP contribution in [0.5, 0.6) is 5.75 Å². The van der Waals surface area contributed by atoms with E-state index in [0.717, 1.165) is 12.1 Å². The molecule has 2 amide bonds. The molecule has 2 saturated heterocycles. The Morgan fingerprint density at radius 3 is 2.80 bits per heavy atom. The van der Waals surface area contributed by atoms with E-state index in [2.05, 4.69) is 25.2 Å². The molecule has 5 heterocycles. The molecule has 216 valence electrons. The summed E-state index contributed by atoms with van der Waals surface area (Å²) in [7, 11) is 0. The van der Waals surface area contributed by atoms with Gasteiger partial charge in [-0.25, -0.2) is 14.8 Å². The average molecular weight is 571 g/mol. The molecule has 10 nitrogen and oxygen atoms in total. The lowest BCUT2D eigenvalue weighted by atomic mass is 10.1. The number of pyridine rings is 1. The summed E-state index contributed by atoms with van der Waals surface area (Å²) in [5.74, 6) is 0.265. The molecule has 13 heteroatoms. The van der Waals surface area contributed by atoms with E-state index >= 15 is 0 Å². The van der Waals surface area contributed by atoms with Gasteiger partial charge in [-0.1, -0.05) is 12.1 Å². The van der Waals surface area contributed by atoms with Crippen molar-refractivity contribution in [2.24, 2.45) is 0 Å². The maximum atomic E-state index is 13.7. The van der Waals surface area contributed by atoms with Crippen molar-refractivity contribution in [2.45, 2.75) is 51.3 Å². The second-order valence-corrected chi connectivity index (χ2v) is 10.7. The third-order valence-electron chi connectivity index (χ3n) is 7.25. The van der Waals surface area contributed by atoms with Gasteiger partial charge in [0.1, 0.15) is 24.1 Å². The SMILES string of the molecule is Cc1nc(-c2cccc(C(F)(F)F)c2)nc2c1N1CCC(C1)N2C(=O)Nc1cncc(OC[C@@H]2COC(C)(C)O2)c1. The first-order chi connectivity index (χ1) is 19.5. The van der Waals surface area contributed by atoms with Crippen LogP contribution in [0.15, 0.2) is 42.7 Å². The van der Waals surface area contributed by atoms with Gasteiger partial charge in [0.05, 0.1) is 42.0 Å². The molecule has 2 aromatic heterocycles. The highest BCUT2D eigenvalue weighted by Crippen LogP contribution is 2.42. The predicted molar refractivity (Wildman–Crippen MR) is 144 cm³/mol. The van der Waals surface area contributed by atoms with Crippen LogP contribution in [0.2, 0.25) is 0 Å². The molecule has 3 aliphatic rings. The zero-order valence-electron chi connectivity index (χ0n) is 22.7. The molecule has 41 heavy (non-hydrogen) atoms. The van der Waals surface area contributed by atoms with Crippen LogP contribution in [-0.2, 0) is 15.7 Å². The molecule has 6 rings (SSSR count). The van der Waals surface area contributed by atoms with E-state index in [1.54, 1.807) is 24.1 Å². The second kappa shape index (κ2) is 10.1. The fraction of sp³-hybridized carbons (Fsp3) is 0.429. The molecule has 2 fully saturated rings. The van der Waals surface area contributed by atoms with Crippen LogP contribution in [0.1, 0.15) is 31.5 Å². The van der Waals surface area contributed by atoms with Crippen LogP contribution in [0.25, 0.3) is 11.4 Å². The lowest BCUT2D eigenvalue weighted by molar-refractivity contribution is -0.141. The smallest absolute Gasteiger partial charge is 0.416 e. The summed E-state index contributed by atoms with van der Waals surface area (Å²) in [6.45, 7) is 7.43. The molecule has 3 aliphatic heterocycles. The third kappa shape index (κ3) is 5.51. The van der Waals surface area contributed by atoms with Crippen LogP contribution >= 0.6 is 0 Å². The summed E-state index contributed by atoms with van der Waals surface area (Å²) < 4.78 is 57.3. The summed E-state index contributed by atoms with van der Waals surface area (Å²) in [6.07, 6.45) is -0.972. The van der Waals surface area contributed by atoms with E-state index in [9.17, 15) is 18.0 Å². The Kier molecular flexibility index (Phi) is 6.73.